The molecule has 162 valence electrons. The van der Waals surface area contributed by atoms with Crippen LogP contribution in [0.15, 0.2) is 11.3 Å². The summed E-state index contributed by atoms with van der Waals surface area (Å²) in [7, 11) is 0. The van der Waals surface area contributed by atoms with Gasteiger partial charge in [-0.15, -0.1) is 0 Å². The predicted molar refractivity (Wildman–Crippen MR) is 105 cm³/mol. The van der Waals surface area contributed by atoms with Crippen LogP contribution >= 0.6 is 12.2 Å². The number of allylic oxidation sites excluding steroid dienone is 1. The Hall–Kier alpha value is -1.30. The van der Waals surface area contributed by atoms with Gasteiger partial charge in [-0.3, -0.25) is 0 Å². The number of carbonyl (C=O) groups excluding carboxylic acids is 1. The minimum Gasteiger partial charge on any atom is -0.463 e. The number of ether oxygens (including phenoxy) is 6. The lowest BCUT2D eigenvalue weighted by Gasteiger charge is -2.43. The van der Waals surface area contributed by atoms with Crippen LogP contribution in [0.3, 0.4) is 0 Å². The summed E-state index contributed by atoms with van der Waals surface area (Å²) in [4.78, 5) is 12.7. The van der Waals surface area contributed by atoms with Crippen LogP contribution in [0.4, 0.5) is 0 Å². The van der Waals surface area contributed by atoms with E-state index in [4.69, 9.17) is 40.6 Å². The molecule has 4 aliphatic rings. The maximum atomic E-state index is 12.7. The number of fused-ring (bicyclic) bond motifs is 3. The molecule has 0 aromatic rings. The monoisotopic (exact) mass is 428 g/mol. The van der Waals surface area contributed by atoms with E-state index in [9.17, 15) is 4.79 Å². The van der Waals surface area contributed by atoms with Crippen molar-refractivity contribution >= 4 is 23.3 Å². The van der Waals surface area contributed by atoms with Crippen molar-refractivity contribution in [2.24, 2.45) is 0 Å². The fourth-order valence-corrected chi connectivity index (χ4v) is 4.65. The first-order chi connectivity index (χ1) is 13.5. The lowest BCUT2D eigenvalue weighted by Crippen LogP contribution is -2.64. The van der Waals surface area contributed by atoms with Crippen LogP contribution in [0.5, 0.6) is 0 Å². The van der Waals surface area contributed by atoms with Crippen molar-refractivity contribution in [2.75, 3.05) is 6.61 Å². The molecule has 0 spiro atoms. The van der Waals surface area contributed by atoms with Gasteiger partial charge in [0.15, 0.2) is 23.0 Å². The Morgan fingerprint density at radius 1 is 1.03 bits per heavy atom. The fourth-order valence-electron chi connectivity index (χ4n) is 4.37. The van der Waals surface area contributed by atoms with Crippen molar-refractivity contribution in [3.63, 3.8) is 0 Å². The van der Waals surface area contributed by atoms with Gasteiger partial charge >= 0.3 is 5.97 Å². The summed E-state index contributed by atoms with van der Waals surface area (Å²) in [6, 6.07) is -0.596. The van der Waals surface area contributed by atoms with E-state index in [0.717, 1.165) is 0 Å². The van der Waals surface area contributed by atoms with Gasteiger partial charge in [0.25, 0.3) is 0 Å². The number of carbonyl (C=O) groups is 1. The maximum absolute atomic E-state index is 12.7. The highest BCUT2D eigenvalue weighted by Crippen LogP contribution is 2.45. The van der Waals surface area contributed by atoms with Crippen LogP contribution in [-0.2, 0) is 33.2 Å². The molecule has 4 heterocycles. The third kappa shape index (κ3) is 3.77. The molecule has 1 unspecified atom stereocenters. The number of hydrogen-bond donors (Lipinski definition) is 2. The Kier molecular flexibility index (Phi) is 5.16. The van der Waals surface area contributed by atoms with Gasteiger partial charge in [0.2, 0.25) is 0 Å². The SMILES string of the molecule is CCOC(=O)C1=C(C)NC(=S)NC1[C@H]1O[C@@H]2OC(C)(C)O[C@@H]2[C@H]2OC(C)(C)O[C@H]21. The first-order valence-electron chi connectivity index (χ1n) is 9.83. The molecule has 6 atom stereocenters. The van der Waals surface area contributed by atoms with Crippen molar-refractivity contribution < 1.29 is 33.2 Å². The van der Waals surface area contributed by atoms with Crippen molar-refractivity contribution in [3.05, 3.63) is 11.3 Å². The predicted octanol–water partition coefficient (Wildman–Crippen LogP) is 1.07. The van der Waals surface area contributed by atoms with Gasteiger partial charge in [-0.1, -0.05) is 0 Å². The van der Waals surface area contributed by atoms with E-state index in [1.165, 1.54) is 0 Å². The molecular formula is C19H28N2O7S. The zero-order valence-corrected chi connectivity index (χ0v) is 18.3. The number of hydrogen-bond acceptors (Lipinski definition) is 8. The van der Waals surface area contributed by atoms with Gasteiger partial charge in [0.05, 0.1) is 18.2 Å². The van der Waals surface area contributed by atoms with Gasteiger partial charge in [0, 0.05) is 5.70 Å². The van der Waals surface area contributed by atoms with Gasteiger partial charge in [-0.25, -0.2) is 4.79 Å². The van der Waals surface area contributed by atoms with Gasteiger partial charge in [-0.05, 0) is 53.8 Å². The lowest BCUT2D eigenvalue weighted by atomic mass is 9.88. The van der Waals surface area contributed by atoms with Crippen LogP contribution in [0, 0.1) is 0 Å². The molecule has 0 aromatic carbocycles. The van der Waals surface area contributed by atoms with Gasteiger partial charge < -0.3 is 39.1 Å². The van der Waals surface area contributed by atoms with Gasteiger partial charge in [0.1, 0.15) is 24.4 Å². The Balaban J connectivity index is 1.71. The van der Waals surface area contributed by atoms with E-state index >= 15 is 0 Å². The molecule has 0 bridgehead atoms. The summed E-state index contributed by atoms with van der Waals surface area (Å²) < 4.78 is 35.9. The molecule has 4 aliphatic heterocycles. The molecule has 0 amide bonds. The van der Waals surface area contributed by atoms with Gasteiger partial charge in [-0.2, -0.15) is 0 Å². The Labute approximate surface area is 175 Å². The van der Waals surface area contributed by atoms with Crippen molar-refractivity contribution in [1.29, 1.82) is 0 Å². The van der Waals surface area contributed by atoms with Crippen LogP contribution in [0.1, 0.15) is 41.5 Å². The zero-order valence-electron chi connectivity index (χ0n) is 17.4. The summed E-state index contributed by atoms with van der Waals surface area (Å²) in [5.41, 5.74) is 1.02. The van der Waals surface area contributed by atoms with Crippen LogP contribution < -0.4 is 10.6 Å². The minimum atomic E-state index is -0.835. The average Bonchev–Trinajstić information content (AvgIpc) is 3.07. The molecular weight excluding hydrogens is 400 g/mol. The Morgan fingerprint density at radius 2 is 1.62 bits per heavy atom. The van der Waals surface area contributed by atoms with E-state index in [1.54, 1.807) is 13.8 Å². The minimum absolute atomic E-state index is 0.257. The molecule has 3 saturated heterocycles. The van der Waals surface area contributed by atoms with E-state index in [-0.39, 0.29) is 6.61 Å². The average molecular weight is 429 g/mol. The second kappa shape index (κ2) is 7.14. The molecule has 4 rings (SSSR count). The first kappa shape index (κ1) is 21.0. The molecule has 0 saturated carbocycles. The topological polar surface area (TPSA) is 96.5 Å². The molecule has 0 aliphatic carbocycles. The molecule has 0 radical (unpaired) electrons. The summed E-state index contributed by atoms with van der Waals surface area (Å²) in [6.45, 7) is 11.1. The largest absolute Gasteiger partial charge is 0.463 e. The van der Waals surface area contributed by atoms with Crippen LogP contribution in [0.25, 0.3) is 0 Å². The smallest absolute Gasteiger partial charge is 0.337 e. The summed E-state index contributed by atoms with van der Waals surface area (Å²) in [6.07, 6.45) is -2.65. The van der Waals surface area contributed by atoms with E-state index in [2.05, 4.69) is 10.6 Å². The van der Waals surface area contributed by atoms with Crippen molar-refractivity contribution in [3.8, 4) is 0 Å². The van der Waals surface area contributed by atoms with Crippen molar-refractivity contribution in [1.82, 2.24) is 10.6 Å². The van der Waals surface area contributed by atoms with Crippen LogP contribution in [-0.4, -0.2) is 66.0 Å². The number of nitrogens with one attached hydrogen (secondary N) is 2. The molecule has 3 fully saturated rings. The number of rotatable bonds is 3. The second-order valence-electron chi connectivity index (χ2n) is 8.47. The lowest BCUT2D eigenvalue weighted by molar-refractivity contribution is -0.237. The highest BCUT2D eigenvalue weighted by atomic mass is 32.1. The molecule has 0 aromatic heterocycles. The number of thiocarbonyl (C=S) groups is 1. The quantitative estimate of drug-likeness (QED) is 0.502. The summed E-state index contributed by atoms with van der Waals surface area (Å²) in [5.74, 6) is -2.10. The highest BCUT2D eigenvalue weighted by molar-refractivity contribution is 7.80. The maximum Gasteiger partial charge on any atom is 0.337 e. The standard InChI is InChI=1S/C19H28N2O7S/c1-7-23-15(22)9-8(2)20-17(29)21-10(9)11-12-13(26-18(3,4)25-12)14-16(24-11)28-19(5,6)27-14/h10-14,16H,7H2,1-6H3,(H2,20,21,29)/t10?,11-,12+,13+,14-,16-/m1/s1. The zero-order chi connectivity index (χ0) is 21.1. The molecule has 10 heteroatoms. The molecule has 29 heavy (non-hydrogen) atoms. The Morgan fingerprint density at radius 3 is 2.28 bits per heavy atom. The normalized spacial score (nSPS) is 40.0. The highest BCUT2D eigenvalue weighted by Gasteiger charge is 2.62. The summed E-state index contributed by atoms with van der Waals surface area (Å²) >= 11 is 5.34. The van der Waals surface area contributed by atoms with Crippen LogP contribution in [0.2, 0.25) is 0 Å². The third-order valence-electron chi connectivity index (χ3n) is 5.32. The third-order valence-corrected chi connectivity index (χ3v) is 5.54. The van der Waals surface area contributed by atoms with E-state index < -0.39 is 54.3 Å². The number of esters is 1. The summed E-state index contributed by atoms with van der Waals surface area (Å²) in [5, 5.41) is 6.53. The fraction of sp³-hybridized carbons (Fsp3) is 0.789. The van der Waals surface area contributed by atoms with E-state index in [1.807, 2.05) is 27.7 Å². The molecule has 2 N–H and O–H groups in total. The second-order valence-corrected chi connectivity index (χ2v) is 8.88. The first-order valence-corrected chi connectivity index (χ1v) is 10.2. The van der Waals surface area contributed by atoms with E-state index in [0.29, 0.717) is 16.4 Å². The molecule has 9 nitrogen and oxygen atoms in total. The van der Waals surface area contributed by atoms with Crippen molar-refractivity contribution in [2.45, 2.75) is 89.9 Å². The Bertz CT molecular complexity index is 753.